The van der Waals surface area contributed by atoms with E-state index in [1.807, 2.05) is 0 Å². The van der Waals surface area contributed by atoms with Crippen LogP contribution in [0.4, 0.5) is 13.2 Å². The Morgan fingerprint density at radius 3 is 2.59 bits per heavy atom. The molecule has 0 spiro atoms. The van der Waals surface area contributed by atoms with Gasteiger partial charge in [-0.1, -0.05) is 18.2 Å². The van der Waals surface area contributed by atoms with Crippen molar-refractivity contribution in [2.75, 3.05) is 19.6 Å². The second kappa shape index (κ2) is 7.13. The van der Waals surface area contributed by atoms with Gasteiger partial charge in [0.15, 0.2) is 0 Å². The van der Waals surface area contributed by atoms with Gasteiger partial charge in [0.25, 0.3) is 0 Å². The molecule has 22 heavy (non-hydrogen) atoms. The first kappa shape index (κ1) is 16.8. The van der Waals surface area contributed by atoms with Crippen LogP contribution in [-0.4, -0.2) is 36.5 Å². The summed E-state index contributed by atoms with van der Waals surface area (Å²) in [5.41, 5.74) is 0.119. The molecule has 1 amide bonds. The predicted molar refractivity (Wildman–Crippen MR) is 78.4 cm³/mol. The fourth-order valence-corrected chi connectivity index (χ4v) is 2.78. The summed E-state index contributed by atoms with van der Waals surface area (Å²) in [7, 11) is 0. The van der Waals surface area contributed by atoms with Crippen molar-refractivity contribution in [3.05, 3.63) is 35.4 Å². The number of alkyl halides is 3. The molecule has 0 aromatic heterocycles. The molecule has 0 atom stereocenters. The van der Waals surface area contributed by atoms with Gasteiger partial charge in [-0.3, -0.25) is 4.79 Å². The fourth-order valence-electron chi connectivity index (χ4n) is 2.78. The molecule has 1 fully saturated rings. The van der Waals surface area contributed by atoms with E-state index in [1.54, 1.807) is 6.07 Å². The lowest BCUT2D eigenvalue weighted by atomic mass is 10.0. The highest BCUT2D eigenvalue weighted by molar-refractivity contribution is 5.73. The van der Waals surface area contributed by atoms with Crippen molar-refractivity contribution in [2.24, 2.45) is 0 Å². The Morgan fingerprint density at radius 1 is 1.32 bits per heavy atom. The SMILES string of the molecule is CC(=O)NC1CCN(CCc2cccc(C(F)(F)F)c2)CC1. The molecular weight excluding hydrogens is 293 g/mol. The monoisotopic (exact) mass is 314 g/mol. The molecule has 6 heteroatoms. The molecule has 2 rings (SSSR count). The summed E-state index contributed by atoms with van der Waals surface area (Å²) in [5, 5.41) is 2.91. The van der Waals surface area contributed by atoms with E-state index in [-0.39, 0.29) is 11.9 Å². The number of rotatable bonds is 4. The summed E-state index contributed by atoms with van der Waals surface area (Å²) in [6.07, 6.45) is -1.90. The standard InChI is InChI=1S/C16H21F3N2O/c1-12(22)20-15-6-9-21(10-7-15)8-5-13-3-2-4-14(11-13)16(17,18)19/h2-4,11,15H,5-10H2,1H3,(H,20,22). The third kappa shape index (κ3) is 5.02. The molecule has 1 aromatic carbocycles. The summed E-state index contributed by atoms with van der Waals surface area (Å²) in [6, 6.07) is 5.75. The van der Waals surface area contributed by atoms with Crippen molar-refractivity contribution >= 4 is 5.91 Å². The topological polar surface area (TPSA) is 32.3 Å². The second-order valence-electron chi connectivity index (χ2n) is 5.76. The summed E-state index contributed by atoms with van der Waals surface area (Å²) < 4.78 is 38.0. The Balaban J connectivity index is 1.81. The van der Waals surface area contributed by atoms with E-state index in [1.165, 1.54) is 19.1 Å². The fraction of sp³-hybridized carbons (Fsp3) is 0.562. The molecule has 0 aliphatic carbocycles. The van der Waals surface area contributed by atoms with Gasteiger partial charge >= 0.3 is 6.18 Å². The highest BCUT2D eigenvalue weighted by atomic mass is 19.4. The van der Waals surface area contributed by atoms with Gasteiger partial charge in [-0.2, -0.15) is 13.2 Å². The van der Waals surface area contributed by atoms with Crippen molar-refractivity contribution in [3.63, 3.8) is 0 Å². The van der Waals surface area contributed by atoms with E-state index in [0.29, 0.717) is 12.0 Å². The molecule has 1 aliphatic rings. The minimum atomic E-state index is -4.29. The lowest BCUT2D eigenvalue weighted by Crippen LogP contribution is -2.44. The van der Waals surface area contributed by atoms with Crippen LogP contribution in [0.15, 0.2) is 24.3 Å². The van der Waals surface area contributed by atoms with Crippen molar-refractivity contribution in [2.45, 2.75) is 38.4 Å². The highest BCUT2D eigenvalue weighted by Gasteiger charge is 2.30. The minimum absolute atomic E-state index is 0.0117. The minimum Gasteiger partial charge on any atom is -0.354 e. The first-order valence-corrected chi connectivity index (χ1v) is 7.50. The van der Waals surface area contributed by atoms with Crippen LogP contribution < -0.4 is 5.32 Å². The Morgan fingerprint density at radius 2 is 2.00 bits per heavy atom. The summed E-state index contributed by atoms with van der Waals surface area (Å²) >= 11 is 0. The Kier molecular flexibility index (Phi) is 5.45. The zero-order chi connectivity index (χ0) is 16.2. The zero-order valence-electron chi connectivity index (χ0n) is 12.6. The number of nitrogens with zero attached hydrogens (tertiary/aromatic N) is 1. The summed E-state index contributed by atoms with van der Waals surface area (Å²) in [5.74, 6) is -0.0117. The molecule has 0 bridgehead atoms. The van der Waals surface area contributed by atoms with E-state index < -0.39 is 11.7 Å². The highest BCUT2D eigenvalue weighted by Crippen LogP contribution is 2.29. The van der Waals surface area contributed by atoms with Crippen LogP contribution >= 0.6 is 0 Å². The maximum absolute atomic E-state index is 12.7. The molecular formula is C16H21F3N2O. The van der Waals surface area contributed by atoms with Gasteiger partial charge in [0.1, 0.15) is 0 Å². The zero-order valence-corrected chi connectivity index (χ0v) is 12.6. The first-order chi connectivity index (χ1) is 10.3. The van der Waals surface area contributed by atoms with Crippen molar-refractivity contribution in [1.82, 2.24) is 10.2 Å². The number of benzene rings is 1. The Hall–Kier alpha value is -1.56. The molecule has 1 saturated heterocycles. The normalized spacial score (nSPS) is 17.5. The molecule has 0 saturated carbocycles. The van der Waals surface area contributed by atoms with Crippen molar-refractivity contribution < 1.29 is 18.0 Å². The van der Waals surface area contributed by atoms with E-state index in [4.69, 9.17) is 0 Å². The van der Waals surface area contributed by atoms with Crippen LogP contribution in [0.3, 0.4) is 0 Å². The van der Waals surface area contributed by atoms with Crippen LogP contribution in [0.5, 0.6) is 0 Å². The predicted octanol–water partition coefficient (Wildman–Crippen LogP) is 2.85. The number of amides is 1. The third-order valence-electron chi connectivity index (χ3n) is 3.97. The van der Waals surface area contributed by atoms with E-state index in [2.05, 4.69) is 10.2 Å². The average molecular weight is 314 g/mol. The van der Waals surface area contributed by atoms with Crippen molar-refractivity contribution in [3.8, 4) is 0 Å². The van der Waals surface area contributed by atoms with Gasteiger partial charge in [0, 0.05) is 32.6 Å². The van der Waals surface area contributed by atoms with Gasteiger partial charge in [0.2, 0.25) is 5.91 Å². The van der Waals surface area contributed by atoms with Crippen LogP contribution in [-0.2, 0) is 17.4 Å². The lowest BCUT2D eigenvalue weighted by molar-refractivity contribution is -0.137. The van der Waals surface area contributed by atoms with E-state index >= 15 is 0 Å². The van der Waals surface area contributed by atoms with Gasteiger partial charge in [-0.15, -0.1) is 0 Å². The van der Waals surface area contributed by atoms with Gasteiger partial charge in [-0.25, -0.2) is 0 Å². The van der Waals surface area contributed by atoms with Gasteiger partial charge in [0.05, 0.1) is 5.56 Å². The summed E-state index contributed by atoms with van der Waals surface area (Å²) in [6.45, 7) is 3.99. The smallest absolute Gasteiger partial charge is 0.354 e. The van der Waals surface area contributed by atoms with Crippen LogP contribution in [0.1, 0.15) is 30.9 Å². The molecule has 1 aliphatic heterocycles. The largest absolute Gasteiger partial charge is 0.416 e. The number of likely N-dealkylation sites (tertiary alicyclic amines) is 1. The third-order valence-corrected chi connectivity index (χ3v) is 3.97. The molecule has 0 radical (unpaired) electrons. The van der Waals surface area contributed by atoms with Crippen LogP contribution in [0.2, 0.25) is 0 Å². The molecule has 122 valence electrons. The number of carbonyl (C=O) groups is 1. The number of carbonyl (C=O) groups excluding carboxylic acids is 1. The first-order valence-electron chi connectivity index (χ1n) is 7.50. The number of halogens is 3. The van der Waals surface area contributed by atoms with Crippen LogP contribution in [0, 0.1) is 0 Å². The quantitative estimate of drug-likeness (QED) is 0.927. The van der Waals surface area contributed by atoms with E-state index in [9.17, 15) is 18.0 Å². The van der Waals surface area contributed by atoms with Gasteiger partial charge in [-0.05, 0) is 30.9 Å². The maximum Gasteiger partial charge on any atom is 0.416 e. The number of nitrogens with one attached hydrogen (secondary N) is 1. The Labute approximate surface area is 128 Å². The van der Waals surface area contributed by atoms with Crippen LogP contribution in [0.25, 0.3) is 0 Å². The Bertz CT molecular complexity index is 508. The number of hydrogen-bond donors (Lipinski definition) is 1. The molecule has 1 heterocycles. The molecule has 1 N–H and O–H groups in total. The second-order valence-corrected chi connectivity index (χ2v) is 5.76. The number of hydrogen-bond acceptors (Lipinski definition) is 2. The van der Waals surface area contributed by atoms with E-state index in [0.717, 1.165) is 38.5 Å². The van der Waals surface area contributed by atoms with Crippen molar-refractivity contribution in [1.29, 1.82) is 0 Å². The summed E-state index contributed by atoms with van der Waals surface area (Å²) in [4.78, 5) is 13.2. The van der Waals surface area contributed by atoms with Gasteiger partial charge < -0.3 is 10.2 Å². The molecule has 1 aromatic rings. The lowest BCUT2D eigenvalue weighted by Gasteiger charge is -2.32. The number of piperidine rings is 1. The average Bonchev–Trinajstić information content (AvgIpc) is 2.45. The molecule has 3 nitrogen and oxygen atoms in total. The molecule has 0 unspecified atom stereocenters. The maximum atomic E-state index is 12.7.